The van der Waals surface area contributed by atoms with E-state index in [2.05, 4.69) is 11.7 Å². The predicted octanol–water partition coefficient (Wildman–Crippen LogP) is -0.992. The van der Waals surface area contributed by atoms with Crippen molar-refractivity contribution in [2.75, 3.05) is 0 Å². The van der Waals surface area contributed by atoms with E-state index < -0.39 is 10.7 Å². The molecule has 0 aromatic heterocycles. The number of aliphatic imine (C=N–C) groups is 1. The van der Waals surface area contributed by atoms with Crippen molar-refractivity contribution in [3.63, 3.8) is 0 Å². The minimum Gasteiger partial charge on any atom is -0.377 e. The summed E-state index contributed by atoms with van der Waals surface area (Å²) in [6.07, 6.45) is 0. The van der Waals surface area contributed by atoms with E-state index in [1.165, 1.54) is 0 Å². The smallest absolute Gasteiger partial charge is 0.356 e. The Morgan fingerprint density at radius 3 is 2.22 bits per heavy atom. The van der Waals surface area contributed by atoms with Crippen molar-refractivity contribution in [3.05, 3.63) is 21.8 Å². The fourth-order valence-corrected chi connectivity index (χ4v) is 0.175. The highest BCUT2D eigenvalue weighted by atomic mass is 16.6. The molecule has 9 heavy (non-hydrogen) atoms. The lowest BCUT2D eigenvalue weighted by atomic mass is 10.7. The maximum atomic E-state index is 9.75. The van der Waals surface area contributed by atoms with E-state index in [-0.39, 0.29) is 5.82 Å². The van der Waals surface area contributed by atoms with Crippen LogP contribution in [0.1, 0.15) is 0 Å². The van der Waals surface area contributed by atoms with E-state index in [1.807, 2.05) is 0 Å². The van der Waals surface area contributed by atoms with Crippen LogP contribution < -0.4 is 11.5 Å². The molecular weight excluding hydrogens is 124 g/mol. The van der Waals surface area contributed by atoms with Gasteiger partial charge in [-0.05, 0) is 11.6 Å². The van der Waals surface area contributed by atoms with Crippen LogP contribution >= 0.6 is 0 Å². The second-order valence-electron chi connectivity index (χ2n) is 1.19. The molecule has 6 nitrogen and oxygen atoms in total. The first-order valence-electron chi connectivity index (χ1n) is 1.96. The second kappa shape index (κ2) is 2.65. The number of rotatable bonds is 2. The van der Waals surface area contributed by atoms with E-state index >= 15 is 0 Å². The summed E-state index contributed by atoms with van der Waals surface area (Å²) in [5.74, 6) is -1.04. The van der Waals surface area contributed by atoms with E-state index in [9.17, 15) is 10.1 Å². The molecule has 0 aliphatic rings. The summed E-state index contributed by atoms with van der Waals surface area (Å²) in [6.45, 7) is 2.95. The fraction of sp³-hybridized carbons (Fsp3) is 0. The Morgan fingerprint density at radius 1 is 1.67 bits per heavy atom. The summed E-state index contributed by atoms with van der Waals surface area (Å²) in [7, 11) is 0. The van der Waals surface area contributed by atoms with Crippen LogP contribution in [0.25, 0.3) is 0 Å². The minimum absolute atomic E-state index is 0.361. The van der Waals surface area contributed by atoms with Gasteiger partial charge in [-0.25, -0.2) is 4.99 Å². The molecule has 0 amide bonds. The standard InChI is InChI=1S/C3H6N4O2/c1-6-2(4)3(5)7(8)9/h1,4-5H2/b3-2-. The molecule has 0 heterocycles. The van der Waals surface area contributed by atoms with Crippen molar-refractivity contribution >= 4 is 6.72 Å². The Kier molecular flexibility index (Phi) is 2.18. The molecule has 6 heteroatoms. The zero-order chi connectivity index (χ0) is 7.44. The zero-order valence-corrected chi connectivity index (χ0v) is 4.57. The second-order valence-corrected chi connectivity index (χ2v) is 1.19. The average molecular weight is 130 g/mol. The maximum Gasteiger partial charge on any atom is 0.356 e. The van der Waals surface area contributed by atoms with Gasteiger partial charge in [-0.3, -0.25) is 5.73 Å². The SMILES string of the molecule is C=N/C(N)=C(/N)[N+](=O)[O-]. The topological polar surface area (TPSA) is 108 Å². The van der Waals surface area contributed by atoms with Crippen LogP contribution in [0.2, 0.25) is 0 Å². The van der Waals surface area contributed by atoms with Gasteiger partial charge in [0.15, 0.2) is 0 Å². The molecule has 0 fully saturated rings. The molecule has 0 unspecified atom stereocenters. The summed E-state index contributed by atoms with van der Waals surface area (Å²) in [4.78, 5) is 12.0. The van der Waals surface area contributed by atoms with E-state index in [4.69, 9.17) is 11.5 Å². The Labute approximate surface area is 51.0 Å². The van der Waals surface area contributed by atoms with Gasteiger partial charge < -0.3 is 15.8 Å². The highest BCUT2D eigenvalue weighted by molar-refractivity contribution is 5.28. The molecule has 50 valence electrons. The number of nitro groups is 1. The fourth-order valence-electron chi connectivity index (χ4n) is 0.175. The molecule has 0 bridgehead atoms. The number of hydrogen-bond acceptors (Lipinski definition) is 5. The van der Waals surface area contributed by atoms with Crippen molar-refractivity contribution in [1.29, 1.82) is 0 Å². The van der Waals surface area contributed by atoms with Gasteiger partial charge in [-0.15, -0.1) is 0 Å². The van der Waals surface area contributed by atoms with Gasteiger partial charge >= 0.3 is 5.82 Å². The summed E-state index contributed by atoms with van der Waals surface area (Å²) in [5.41, 5.74) is 9.69. The van der Waals surface area contributed by atoms with Crippen LogP contribution in [-0.2, 0) is 0 Å². The first-order chi connectivity index (χ1) is 4.09. The van der Waals surface area contributed by atoms with Gasteiger partial charge in [0.05, 0.1) is 0 Å². The Morgan fingerprint density at radius 2 is 2.11 bits per heavy atom. The molecule has 0 radical (unpaired) electrons. The molecule has 0 aliphatic heterocycles. The van der Waals surface area contributed by atoms with Crippen LogP contribution in [0.15, 0.2) is 16.6 Å². The Hall–Kier alpha value is -1.59. The normalized spacial score (nSPS) is 12.0. The molecule has 0 spiro atoms. The lowest BCUT2D eigenvalue weighted by Gasteiger charge is -1.93. The average Bonchev–Trinajstić information content (AvgIpc) is 1.84. The van der Waals surface area contributed by atoms with Gasteiger partial charge in [-0.1, -0.05) is 0 Å². The highest BCUT2D eigenvalue weighted by Gasteiger charge is 2.04. The van der Waals surface area contributed by atoms with Crippen molar-refractivity contribution < 1.29 is 4.92 Å². The van der Waals surface area contributed by atoms with Crippen molar-refractivity contribution in [2.45, 2.75) is 0 Å². The first kappa shape index (κ1) is 7.41. The number of nitrogens with two attached hydrogens (primary N) is 2. The van der Waals surface area contributed by atoms with Gasteiger partial charge in [0.25, 0.3) is 0 Å². The van der Waals surface area contributed by atoms with Crippen LogP contribution in [0, 0.1) is 10.1 Å². The quantitative estimate of drug-likeness (QED) is 0.284. The van der Waals surface area contributed by atoms with Gasteiger partial charge in [0.1, 0.15) is 0 Å². The molecule has 0 aromatic rings. The lowest BCUT2D eigenvalue weighted by molar-refractivity contribution is -0.427. The summed E-state index contributed by atoms with van der Waals surface area (Å²) in [5, 5.41) is 9.75. The van der Waals surface area contributed by atoms with Gasteiger partial charge in [0.2, 0.25) is 5.82 Å². The molecule has 0 saturated heterocycles. The molecule has 0 saturated carbocycles. The third-order valence-electron chi connectivity index (χ3n) is 0.629. The summed E-state index contributed by atoms with van der Waals surface area (Å²) < 4.78 is 0. The molecule has 4 N–H and O–H groups in total. The Balaban J connectivity index is 4.47. The van der Waals surface area contributed by atoms with Gasteiger partial charge in [-0.2, -0.15) is 0 Å². The zero-order valence-electron chi connectivity index (χ0n) is 4.57. The molecular formula is C3H6N4O2. The van der Waals surface area contributed by atoms with E-state index in [0.29, 0.717) is 0 Å². The lowest BCUT2D eigenvalue weighted by Crippen LogP contribution is -2.15. The van der Waals surface area contributed by atoms with Crippen LogP contribution in [0.3, 0.4) is 0 Å². The van der Waals surface area contributed by atoms with Crippen molar-refractivity contribution in [1.82, 2.24) is 0 Å². The van der Waals surface area contributed by atoms with Crippen molar-refractivity contribution in [3.8, 4) is 0 Å². The van der Waals surface area contributed by atoms with Crippen LogP contribution in [0.5, 0.6) is 0 Å². The molecule has 0 atom stereocenters. The predicted molar refractivity (Wildman–Crippen MR) is 31.9 cm³/mol. The molecule has 0 aliphatic carbocycles. The molecule has 0 rings (SSSR count). The third-order valence-corrected chi connectivity index (χ3v) is 0.629. The summed E-state index contributed by atoms with van der Waals surface area (Å²) >= 11 is 0. The summed E-state index contributed by atoms with van der Waals surface area (Å²) in [6, 6.07) is 0. The van der Waals surface area contributed by atoms with Crippen LogP contribution in [-0.4, -0.2) is 11.6 Å². The largest absolute Gasteiger partial charge is 0.377 e. The monoisotopic (exact) mass is 130 g/mol. The third kappa shape index (κ3) is 1.76. The minimum atomic E-state index is -0.829. The van der Waals surface area contributed by atoms with E-state index in [1.54, 1.807) is 0 Å². The number of hydrogen-bond donors (Lipinski definition) is 2. The first-order valence-corrected chi connectivity index (χ1v) is 1.96. The molecule has 0 aromatic carbocycles. The number of nitrogens with zero attached hydrogens (tertiary/aromatic N) is 2. The van der Waals surface area contributed by atoms with Crippen molar-refractivity contribution in [2.24, 2.45) is 16.5 Å². The highest BCUT2D eigenvalue weighted by Crippen LogP contribution is 1.90. The maximum absolute atomic E-state index is 9.75. The Bertz CT molecular complexity index is 173. The van der Waals surface area contributed by atoms with E-state index in [0.717, 1.165) is 0 Å². The van der Waals surface area contributed by atoms with Crippen LogP contribution in [0.4, 0.5) is 0 Å². The van der Waals surface area contributed by atoms with Gasteiger partial charge in [0, 0.05) is 0 Å².